The monoisotopic (exact) mass is 270 g/mol. The van der Waals surface area contributed by atoms with E-state index in [0.29, 0.717) is 19.4 Å². The molecule has 1 N–H and O–H groups in total. The third-order valence-corrected chi connectivity index (χ3v) is 4.45. The maximum atomic E-state index is 12.2. The predicted octanol–water partition coefficient (Wildman–Crippen LogP) is 3.54. The van der Waals surface area contributed by atoms with Crippen molar-refractivity contribution in [3.63, 3.8) is 0 Å². The van der Waals surface area contributed by atoms with Crippen LogP contribution in [-0.2, 0) is 9.53 Å². The molecule has 0 aromatic heterocycles. The Kier molecular flexibility index (Phi) is 4.13. The normalized spacial score (nSPS) is 24.8. The molecule has 0 saturated heterocycles. The Morgan fingerprint density at radius 1 is 1.11 bits per heavy atom. The van der Waals surface area contributed by atoms with Crippen molar-refractivity contribution >= 4 is 5.97 Å². The number of hydrogen-bond donors (Lipinski definition) is 1. The molecule has 3 nitrogen and oxygen atoms in total. The molecule has 1 aliphatic carbocycles. The third kappa shape index (κ3) is 3.31. The molecule has 0 amide bonds. The smallest absolute Gasteiger partial charge is 0.314 e. The SMILES string of the molecule is CCOC(=O)C(C)(C)C1(O)CC(C)(C)CC(C)(C)C1. The van der Waals surface area contributed by atoms with Gasteiger partial charge in [-0.05, 0) is 50.9 Å². The molecule has 1 fully saturated rings. The summed E-state index contributed by atoms with van der Waals surface area (Å²) in [6, 6.07) is 0. The Morgan fingerprint density at radius 3 is 1.89 bits per heavy atom. The lowest BCUT2D eigenvalue weighted by molar-refractivity contribution is -0.190. The highest BCUT2D eigenvalue weighted by molar-refractivity contribution is 5.77. The summed E-state index contributed by atoms with van der Waals surface area (Å²) in [4.78, 5) is 12.2. The van der Waals surface area contributed by atoms with Gasteiger partial charge in [0, 0.05) is 0 Å². The Hall–Kier alpha value is -0.570. The molecule has 0 aromatic rings. The highest BCUT2D eigenvalue weighted by Gasteiger charge is 2.57. The molecular weight excluding hydrogens is 240 g/mol. The first kappa shape index (κ1) is 16.5. The van der Waals surface area contributed by atoms with Crippen LogP contribution in [0.15, 0.2) is 0 Å². The van der Waals surface area contributed by atoms with E-state index in [4.69, 9.17) is 4.74 Å². The van der Waals surface area contributed by atoms with E-state index in [-0.39, 0.29) is 16.8 Å². The molecule has 0 aromatic carbocycles. The number of hydrogen-bond acceptors (Lipinski definition) is 3. The van der Waals surface area contributed by atoms with Crippen LogP contribution in [-0.4, -0.2) is 23.3 Å². The van der Waals surface area contributed by atoms with Crippen LogP contribution >= 0.6 is 0 Å². The van der Waals surface area contributed by atoms with Gasteiger partial charge in [-0.15, -0.1) is 0 Å². The van der Waals surface area contributed by atoms with Crippen molar-refractivity contribution in [2.24, 2.45) is 16.2 Å². The zero-order valence-electron chi connectivity index (χ0n) is 13.6. The molecule has 1 aliphatic rings. The Bertz CT molecular complexity index is 337. The van der Waals surface area contributed by atoms with Gasteiger partial charge in [-0.2, -0.15) is 0 Å². The van der Waals surface area contributed by atoms with Gasteiger partial charge in [0.2, 0.25) is 0 Å². The molecule has 0 unspecified atom stereocenters. The number of aliphatic hydroxyl groups is 1. The first-order chi connectivity index (χ1) is 8.35. The van der Waals surface area contributed by atoms with E-state index in [0.717, 1.165) is 6.42 Å². The minimum atomic E-state index is -1.01. The van der Waals surface area contributed by atoms with Crippen molar-refractivity contribution in [2.45, 2.75) is 73.3 Å². The summed E-state index contributed by atoms with van der Waals surface area (Å²) >= 11 is 0. The van der Waals surface area contributed by atoms with Crippen LogP contribution in [0.4, 0.5) is 0 Å². The summed E-state index contributed by atoms with van der Waals surface area (Å²) in [6.45, 7) is 14.4. The van der Waals surface area contributed by atoms with Gasteiger partial charge in [0.15, 0.2) is 0 Å². The average molecular weight is 270 g/mol. The zero-order valence-corrected chi connectivity index (χ0v) is 13.6. The van der Waals surface area contributed by atoms with Gasteiger partial charge in [-0.3, -0.25) is 4.79 Å². The summed E-state index contributed by atoms with van der Waals surface area (Å²) in [5, 5.41) is 11.2. The van der Waals surface area contributed by atoms with Gasteiger partial charge in [0.25, 0.3) is 0 Å². The van der Waals surface area contributed by atoms with E-state index >= 15 is 0 Å². The molecular formula is C16H30O3. The van der Waals surface area contributed by atoms with Gasteiger partial charge < -0.3 is 9.84 Å². The maximum absolute atomic E-state index is 12.2. The Morgan fingerprint density at radius 2 is 1.53 bits per heavy atom. The molecule has 0 heterocycles. The van der Waals surface area contributed by atoms with Crippen LogP contribution in [0.5, 0.6) is 0 Å². The van der Waals surface area contributed by atoms with Crippen molar-refractivity contribution in [3.05, 3.63) is 0 Å². The summed E-state index contributed by atoms with van der Waals surface area (Å²) < 4.78 is 5.16. The number of carbonyl (C=O) groups is 1. The third-order valence-electron chi connectivity index (χ3n) is 4.45. The van der Waals surface area contributed by atoms with Gasteiger partial charge in [0.1, 0.15) is 0 Å². The molecule has 0 spiro atoms. The second-order valence-electron chi connectivity index (χ2n) is 8.24. The summed E-state index contributed by atoms with van der Waals surface area (Å²) in [5.74, 6) is -0.300. The standard InChI is InChI=1S/C16H30O3/c1-8-19-12(17)15(6,7)16(18)10-13(2,3)9-14(4,5)11-16/h18H,8-11H2,1-7H3. The molecule has 0 bridgehead atoms. The fourth-order valence-electron chi connectivity index (χ4n) is 4.01. The van der Waals surface area contributed by atoms with Gasteiger partial charge in [-0.1, -0.05) is 27.7 Å². The van der Waals surface area contributed by atoms with Crippen molar-refractivity contribution < 1.29 is 14.6 Å². The largest absolute Gasteiger partial charge is 0.465 e. The number of rotatable bonds is 3. The highest BCUT2D eigenvalue weighted by Crippen LogP contribution is 2.55. The number of esters is 1. The molecule has 112 valence electrons. The van der Waals surface area contributed by atoms with Crippen LogP contribution in [0.1, 0.15) is 67.7 Å². The molecule has 0 atom stereocenters. The first-order valence-corrected chi connectivity index (χ1v) is 7.25. The van der Waals surface area contributed by atoms with E-state index in [1.807, 2.05) is 13.8 Å². The van der Waals surface area contributed by atoms with Crippen LogP contribution in [0.3, 0.4) is 0 Å². The molecule has 0 radical (unpaired) electrons. The Balaban J connectivity index is 3.11. The second kappa shape index (κ2) is 4.76. The topological polar surface area (TPSA) is 46.5 Å². The lowest BCUT2D eigenvalue weighted by Crippen LogP contribution is -2.57. The fourth-order valence-corrected chi connectivity index (χ4v) is 4.01. The minimum Gasteiger partial charge on any atom is -0.465 e. The quantitative estimate of drug-likeness (QED) is 0.798. The first-order valence-electron chi connectivity index (χ1n) is 7.25. The second-order valence-corrected chi connectivity index (χ2v) is 8.24. The zero-order chi connectivity index (χ0) is 15.1. The van der Waals surface area contributed by atoms with E-state index < -0.39 is 11.0 Å². The van der Waals surface area contributed by atoms with Crippen molar-refractivity contribution in [1.82, 2.24) is 0 Å². The average Bonchev–Trinajstić information content (AvgIpc) is 2.11. The maximum Gasteiger partial charge on any atom is 0.314 e. The van der Waals surface area contributed by atoms with E-state index in [9.17, 15) is 9.90 Å². The lowest BCUT2D eigenvalue weighted by Gasteiger charge is -2.54. The predicted molar refractivity (Wildman–Crippen MR) is 76.8 cm³/mol. The van der Waals surface area contributed by atoms with E-state index in [1.165, 1.54) is 0 Å². The van der Waals surface area contributed by atoms with Crippen LogP contribution in [0, 0.1) is 16.2 Å². The van der Waals surface area contributed by atoms with Crippen molar-refractivity contribution in [1.29, 1.82) is 0 Å². The van der Waals surface area contributed by atoms with Crippen LogP contribution in [0.2, 0.25) is 0 Å². The van der Waals surface area contributed by atoms with Gasteiger partial charge in [-0.25, -0.2) is 0 Å². The molecule has 3 heteroatoms. The number of carbonyl (C=O) groups excluding carboxylic acids is 1. The Labute approximate surface area is 117 Å². The molecule has 0 aliphatic heterocycles. The molecule has 1 rings (SSSR count). The van der Waals surface area contributed by atoms with Gasteiger partial charge in [0.05, 0.1) is 17.6 Å². The summed E-state index contributed by atoms with van der Waals surface area (Å²) in [6.07, 6.45) is 2.33. The lowest BCUT2D eigenvalue weighted by atomic mass is 9.53. The van der Waals surface area contributed by atoms with Crippen LogP contribution < -0.4 is 0 Å². The molecule has 1 saturated carbocycles. The van der Waals surface area contributed by atoms with Crippen molar-refractivity contribution in [2.75, 3.05) is 6.61 Å². The summed E-state index contributed by atoms with van der Waals surface area (Å²) in [7, 11) is 0. The number of ether oxygens (including phenoxy) is 1. The van der Waals surface area contributed by atoms with Gasteiger partial charge >= 0.3 is 5.97 Å². The van der Waals surface area contributed by atoms with E-state index in [2.05, 4.69) is 27.7 Å². The van der Waals surface area contributed by atoms with E-state index in [1.54, 1.807) is 6.92 Å². The van der Waals surface area contributed by atoms with Crippen LogP contribution in [0.25, 0.3) is 0 Å². The molecule has 19 heavy (non-hydrogen) atoms. The fraction of sp³-hybridized carbons (Fsp3) is 0.938. The summed E-state index contributed by atoms with van der Waals surface area (Å²) in [5.41, 5.74) is -1.83. The highest BCUT2D eigenvalue weighted by atomic mass is 16.5. The minimum absolute atomic E-state index is 0.0280. The van der Waals surface area contributed by atoms with Crippen molar-refractivity contribution in [3.8, 4) is 0 Å².